The van der Waals surface area contributed by atoms with Crippen LogP contribution in [0.3, 0.4) is 0 Å². The van der Waals surface area contributed by atoms with E-state index < -0.39 is 0 Å². The fourth-order valence-corrected chi connectivity index (χ4v) is 1.37. The van der Waals surface area contributed by atoms with Crippen LogP contribution in [0.2, 0.25) is 0 Å². The van der Waals surface area contributed by atoms with Gasteiger partial charge in [-0.25, -0.2) is 4.79 Å². The Morgan fingerprint density at radius 2 is 2.12 bits per heavy atom. The van der Waals surface area contributed by atoms with Crippen molar-refractivity contribution in [3.63, 3.8) is 0 Å². The second kappa shape index (κ2) is 6.88. The minimum Gasteiger partial charge on any atom is -0.494 e. The molecule has 16 heavy (non-hydrogen) atoms. The first-order chi connectivity index (χ1) is 7.77. The molecule has 0 saturated heterocycles. The lowest BCUT2D eigenvalue weighted by molar-refractivity contribution is 0.0600. The fourth-order valence-electron chi connectivity index (χ4n) is 1.37. The van der Waals surface area contributed by atoms with Crippen LogP contribution in [0.15, 0.2) is 24.3 Å². The summed E-state index contributed by atoms with van der Waals surface area (Å²) < 4.78 is 10.2. The van der Waals surface area contributed by atoms with Crippen molar-refractivity contribution in [2.45, 2.75) is 26.2 Å². The van der Waals surface area contributed by atoms with E-state index in [1.807, 2.05) is 6.07 Å². The average molecular weight is 222 g/mol. The zero-order valence-corrected chi connectivity index (χ0v) is 9.86. The molecule has 0 bridgehead atoms. The fraction of sp³-hybridized carbons (Fsp3) is 0.462. The summed E-state index contributed by atoms with van der Waals surface area (Å²) in [6.45, 7) is 2.84. The Bertz CT molecular complexity index is 334. The molecule has 0 heterocycles. The second-order valence-corrected chi connectivity index (χ2v) is 3.57. The molecule has 0 amide bonds. The Balaban J connectivity index is 2.50. The molecule has 3 heteroatoms. The second-order valence-electron chi connectivity index (χ2n) is 3.57. The number of ether oxygens (including phenoxy) is 2. The van der Waals surface area contributed by atoms with Gasteiger partial charge in [0.25, 0.3) is 0 Å². The van der Waals surface area contributed by atoms with E-state index in [-0.39, 0.29) is 5.97 Å². The molecule has 0 radical (unpaired) electrons. The molecule has 0 aliphatic heterocycles. The minimum atomic E-state index is -0.334. The number of carbonyl (C=O) groups excluding carboxylic acids is 1. The van der Waals surface area contributed by atoms with Crippen LogP contribution in [-0.2, 0) is 4.74 Å². The Morgan fingerprint density at radius 3 is 2.81 bits per heavy atom. The van der Waals surface area contributed by atoms with Crippen LogP contribution in [0.25, 0.3) is 0 Å². The third kappa shape index (κ3) is 3.93. The molecule has 1 aromatic rings. The number of hydrogen-bond acceptors (Lipinski definition) is 3. The standard InChI is InChI=1S/C13H18O3/c1-3-4-5-9-16-12-8-6-7-11(10-12)13(14)15-2/h6-8,10H,3-5,9H2,1-2H3. The summed E-state index contributed by atoms with van der Waals surface area (Å²) in [7, 11) is 1.37. The highest BCUT2D eigenvalue weighted by Crippen LogP contribution is 2.14. The highest BCUT2D eigenvalue weighted by molar-refractivity contribution is 5.89. The van der Waals surface area contributed by atoms with Crippen molar-refractivity contribution in [1.29, 1.82) is 0 Å². The SMILES string of the molecule is CCCCCOc1cccc(C(=O)OC)c1. The highest BCUT2D eigenvalue weighted by Gasteiger charge is 2.05. The molecule has 88 valence electrons. The number of carbonyl (C=O) groups is 1. The molecular weight excluding hydrogens is 204 g/mol. The predicted octanol–water partition coefficient (Wildman–Crippen LogP) is 3.04. The van der Waals surface area contributed by atoms with Crippen LogP contribution in [0.1, 0.15) is 36.5 Å². The molecule has 0 N–H and O–H groups in total. The Morgan fingerprint density at radius 1 is 1.31 bits per heavy atom. The monoisotopic (exact) mass is 222 g/mol. The number of rotatable bonds is 6. The van der Waals surface area contributed by atoms with Gasteiger partial charge in [0.2, 0.25) is 0 Å². The van der Waals surface area contributed by atoms with Gasteiger partial charge in [-0.2, -0.15) is 0 Å². The van der Waals surface area contributed by atoms with Gasteiger partial charge in [0.15, 0.2) is 0 Å². The van der Waals surface area contributed by atoms with Gasteiger partial charge in [0, 0.05) is 0 Å². The van der Waals surface area contributed by atoms with Gasteiger partial charge in [-0.05, 0) is 24.6 Å². The Kier molecular flexibility index (Phi) is 5.40. The summed E-state index contributed by atoms with van der Waals surface area (Å²) in [5, 5.41) is 0. The van der Waals surface area contributed by atoms with Crippen molar-refractivity contribution in [3.05, 3.63) is 29.8 Å². The lowest BCUT2D eigenvalue weighted by Crippen LogP contribution is -2.02. The summed E-state index contributed by atoms with van der Waals surface area (Å²) >= 11 is 0. The number of hydrogen-bond donors (Lipinski definition) is 0. The van der Waals surface area contributed by atoms with Crippen LogP contribution in [0.5, 0.6) is 5.75 Å². The molecule has 1 rings (SSSR count). The molecule has 1 aromatic carbocycles. The molecular formula is C13H18O3. The molecule has 0 aromatic heterocycles. The first-order valence-electron chi connectivity index (χ1n) is 5.59. The van der Waals surface area contributed by atoms with Crippen LogP contribution in [0.4, 0.5) is 0 Å². The maximum absolute atomic E-state index is 11.3. The van der Waals surface area contributed by atoms with E-state index in [1.54, 1.807) is 18.2 Å². The van der Waals surface area contributed by atoms with E-state index in [1.165, 1.54) is 13.5 Å². The lowest BCUT2D eigenvalue weighted by Gasteiger charge is -2.06. The summed E-state index contributed by atoms with van der Waals surface area (Å²) in [5.41, 5.74) is 0.524. The van der Waals surface area contributed by atoms with E-state index in [0.717, 1.165) is 18.6 Å². The van der Waals surface area contributed by atoms with Gasteiger partial charge < -0.3 is 9.47 Å². The molecule has 0 aliphatic rings. The first-order valence-corrected chi connectivity index (χ1v) is 5.59. The average Bonchev–Trinajstić information content (AvgIpc) is 2.34. The molecule has 0 aliphatic carbocycles. The van der Waals surface area contributed by atoms with Crippen LogP contribution in [0, 0.1) is 0 Å². The molecule has 0 saturated carbocycles. The molecule has 0 atom stereocenters. The molecule has 0 unspecified atom stereocenters. The zero-order chi connectivity index (χ0) is 11.8. The summed E-state index contributed by atoms with van der Waals surface area (Å²) in [4.78, 5) is 11.3. The maximum Gasteiger partial charge on any atom is 0.337 e. The van der Waals surface area contributed by atoms with Gasteiger partial charge in [0.05, 0.1) is 19.3 Å². The number of benzene rings is 1. The van der Waals surface area contributed by atoms with Gasteiger partial charge in [-0.1, -0.05) is 25.8 Å². The van der Waals surface area contributed by atoms with Gasteiger partial charge in [-0.15, -0.1) is 0 Å². The van der Waals surface area contributed by atoms with Gasteiger partial charge in [-0.3, -0.25) is 0 Å². The lowest BCUT2D eigenvalue weighted by atomic mass is 10.2. The number of methoxy groups -OCH3 is 1. The van der Waals surface area contributed by atoms with Crippen molar-refractivity contribution in [2.75, 3.05) is 13.7 Å². The summed E-state index contributed by atoms with van der Waals surface area (Å²) in [6, 6.07) is 7.06. The van der Waals surface area contributed by atoms with E-state index in [2.05, 4.69) is 11.7 Å². The van der Waals surface area contributed by atoms with E-state index in [0.29, 0.717) is 12.2 Å². The van der Waals surface area contributed by atoms with Crippen molar-refractivity contribution in [3.8, 4) is 5.75 Å². The Labute approximate surface area is 96.4 Å². The third-order valence-corrected chi connectivity index (χ3v) is 2.27. The Hall–Kier alpha value is -1.51. The number of esters is 1. The van der Waals surface area contributed by atoms with E-state index in [9.17, 15) is 4.79 Å². The summed E-state index contributed by atoms with van der Waals surface area (Å²) in [5.74, 6) is 0.387. The first kappa shape index (κ1) is 12.6. The zero-order valence-electron chi connectivity index (χ0n) is 9.86. The smallest absolute Gasteiger partial charge is 0.337 e. The maximum atomic E-state index is 11.3. The molecule has 3 nitrogen and oxygen atoms in total. The molecule has 0 spiro atoms. The van der Waals surface area contributed by atoms with E-state index >= 15 is 0 Å². The number of unbranched alkanes of at least 4 members (excludes halogenated alkanes) is 2. The quantitative estimate of drug-likeness (QED) is 0.548. The van der Waals surface area contributed by atoms with Gasteiger partial charge >= 0.3 is 5.97 Å². The predicted molar refractivity (Wildman–Crippen MR) is 62.8 cm³/mol. The molecule has 0 fully saturated rings. The normalized spacial score (nSPS) is 9.88. The van der Waals surface area contributed by atoms with Crippen molar-refractivity contribution < 1.29 is 14.3 Å². The minimum absolute atomic E-state index is 0.334. The van der Waals surface area contributed by atoms with Crippen LogP contribution >= 0.6 is 0 Å². The third-order valence-electron chi connectivity index (χ3n) is 2.27. The largest absolute Gasteiger partial charge is 0.494 e. The van der Waals surface area contributed by atoms with Crippen molar-refractivity contribution in [2.24, 2.45) is 0 Å². The highest BCUT2D eigenvalue weighted by atomic mass is 16.5. The van der Waals surface area contributed by atoms with Crippen LogP contribution in [-0.4, -0.2) is 19.7 Å². The van der Waals surface area contributed by atoms with Crippen LogP contribution < -0.4 is 4.74 Å². The van der Waals surface area contributed by atoms with E-state index in [4.69, 9.17) is 4.74 Å². The van der Waals surface area contributed by atoms with Gasteiger partial charge in [0.1, 0.15) is 5.75 Å². The van der Waals surface area contributed by atoms with Crippen molar-refractivity contribution in [1.82, 2.24) is 0 Å². The topological polar surface area (TPSA) is 35.5 Å². The summed E-state index contributed by atoms with van der Waals surface area (Å²) in [6.07, 6.45) is 3.38. The van der Waals surface area contributed by atoms with Crippen molar-refractivity contribution >= 4 is 5.97 Å².